The number of esters is 1. The normalized spacial score (nSPS) is 10.9. The zero-order valence-electron chi connectivity index (χ0n) is 15.4. The third-order valence-corrected chi connectivity index (χ3v) is 4.36. The SMILES string of the molecule is CCOC(=O)c1cc(-c2nn3cccc3c(=O)[nH]2)c(-c2ccccc2O)nc1N. The first-order valence-electron chi connectivity index (χ1n) is 8.83. The van der Waals surface area contributed by atoms with Crippen molar-refractivity contribution in [1.29, 1.82) is 0 Å². The highest BCUT2D eigenvalue weighted by Gasteiger charge is 2.22. The van der Waals surface area contributed by atoms with E-state index >= 15 is 0 Å². The van der Waals surface area contributed by atoms with Crippen LogP contribution in [0.15, 0.2) is 53.5 Å². The molecule has 0 radical (unpaired) electrons. The minimum Gasteiger partial charge on any atom is -0.507 e. The Morgan fingerprint density at radius 2 is 2.03 bits per heavy atom. The van der Waals surface area contributed by atoms with Gasteiger partial charge in [0.25, 0.3) is 5.56 Å². The summed E-state index contributed by atoms with van der Waals surface area (Å²) in [6.45, 7) is 1.84. The highest BCUT2D eigenvalue weighted by molar-refractivity contribution is 5.97. The average Bonchev–Trinajstić information content (AvgIpc) is 3.17. The molecule has 3 heterocycles. The minimum atomic E-state index is -0.646. The zero-order chi connectivity index (χ0) is 20.5. The number of H-pyrrole nitrogens is 1. The predicted molar refractivity (Wildman–Crippen MR) is 107 cm³/mol. The van der Waals surface area contributed by atoms with Gasteiger partial charge in [-0.15, -0.1) is 5.10 Å². The van der Waals surface area contributed by atoms with Crippen LogP contribution in [0.25, 0.3) is 28.2 Å². The number of phenolic OH excluding ortho intramolecular Hbond substituents is 1. The Hall–Kier alpha value is -4.14. The van der Waals surface area contributed by atoms with Crippen LogP contribution < -0.4 is 11.3 Å². The first kappa shape index (κ1) is 18.2. The maximum Gasteiger partial charge on any atom is 0.341 e. The van der Waals surface area contributed by atoms with Gasteiger partial charge in [-0.05, 0) is 37.3 Å². The topological polar surface area (TPSA) is 136 Å². The standard InChI is InChI=1S/C20H17N5O4/c1-2-29-20(28)13-10-12(18-23-19(27)14-7-5-9-25(14)24-18)16(22-17(13)21)11-6-3-4-8-15(11)26/h3-10,26H,2H2,1H3,(H2,21,22)(H,23,24,27). The molecular formula is C20H17N5O4. The molecule has 146 valence electrons. The molecule has 0 saturated carbocycles. The van der Waals surface area contributed by atoms with E-state index in [4.69, 9.17) is 10.5 Å². The van der Waals surface area contributed by atoms with Crippen molar-refractivity contribution in [3.63, 3.8) is 0 Å². The van der Waals surface area contributed by atoms with Gasteiger partial charge >= 0.3 is 5.97 Å². The summed E-state index contributed by atoms with van der Waals surface area (Å²) in [7, 11) is 0. The van der Waals surface area contributed by atoms with Crippen LogP contribution in [0.3, 0.4) is 0 Å². The number of rotatable bonds is 4. The number of hydrogen-bond acceptors (Lipinski definition) is 7. The molecule has 4 rings (SSSR count). The fourth-order valence-electron chi connectivity index (χ4n) is 3.02. The number of hydrogen-bond donors (Lipinski definition) is 3. The first-order chi connectivity index (χ1) is 14.0. The molecule has 9 nitrogen and oxygen atoms in total. The smallest absolute Gasteiger partial charge is 0.341 e. The van der Waals surface area contributed by atoms with E-state index < -0.39 is 5.97 Å². The summed E-state index contributed by atoms with van der Waals surface area (Å²) in [5.41, 5.74) is 7.00. The van der Waals surface area contributed by atoms with Crippen molar-refractivity contribution in [2.45, 2.75) is 6.92 Å². The van der Waals surface area contributed by atoms with Crippen molar-refractivity contribution in [2.24, 2.45) is 0 Å². The van der Waals surface area contributed by atoms with E-state index in [2.05, 4.69) is 15.1 Å². The second-order valence-corrected chi connectivity index (χ2v) is 6.20. The number of carbonyl (C=O) groups excluding carboxylic acids is 1. The highest BCUT2D eigenvalue weighted by atomic mass is 16.5. The second kappa shape index (κ2) is 7.12. The van der Waals surface area contributed by atoms with Crippen LogP contribution in [0.2, 0.25) is 0 Å². The molecule has 0 amide bonds. The minimum absolute atomic E-state index is 0.0334. The molecule has 0 saturated heterocycles. The first-order valence-corrected chi connectivity index (χ1v) is 8.83. The van der Waals surface area contributed by atoms with Crippen LogP contribution in [0, 0.1) is 0 Å². The van der Waals surface area contributed by atoms with Gasteiger partial charge in [0.1, 0.15) is 22.6 Å². The maximum atomic E-state index is 12.4. The summed E-state index contributed by atoms with van der Waals surface area (Å²) in [6, 6.07) is 11.3. The van der Waals surface area contributed by atoms with Gasteiger partial charge in [0.2, 0.25) is 0 Å². The van der Waals surface area contributed by atoms with E-state index in [1.54, 1.807) is 43.5 Å². The second-order valence-electron chi connectivity index (χ2n) is 6.20. The van der Waals surface area contributed by atoms with E-state index in [0.717, 1.165) is 0 Å². The van der Waals surface area contributed by atoms with Gasteiger partial charge in [-0.2, -0.15) is 0 Å². The van der Waals surface area contributed by atoms with Crippen molar-refractivity contribution >= 4 is 17.3 Å². The third kappa shape index (κ3) is 3.18. The number of aromatic nitrogens is 4. The van der Waals surface area contributed by atoms with Gasteiger partial charge in [0.05, 0.1) is 12.3 Å². The molecule has 3 aromatic heterocycles. The summed E-state index contributed by atoms with van der Waals surface area (Å²) in [4.78, 5) is 31.8. The third-order valence-electron chi connectivity index (χ3n) is 4.36. The number of nitrogen functional groups attached to an aromatic ring is 1. The molecule has 0 aliphatic rings. The fraction of sp³-hybridized carbons (Fsp3) is 0.100. The van der Waals surface area contributed by atoms with Crippen molar-refractivity contribution < 1.29 is 14.6 Å². The van der Waals surface area contributed by atoms with Crippen LogP contribution >= 0.6 is 0 Å². The molecule has 0 fully saturated rings. The lowest BCUT2D eigenvalue weighted by atomic mass is 10.0. The average molecular weight is 391 g/mol. The number of aromatic amines is 1. The summed E-state index contributed by atoms with van der Waals surface area (Å²) in [6.07, 6.45) is 1.63. The number of nitrogens with two attached hydrogens (primary N) is 1. The van der Waals surface area contributed by atoms with Crippen molar-refractivity contribution in [3.05, 3.63) is 64.6 Å². The molecule has 9 heteroatoms. The Morgan fingerprint density at radius 3 is 2.79 bits per heavy atom. The molecule has 0 bridgehead atoms. The summed E-state index contributed by atoms with van der Waals surface area (Å²) < 4.78 is 6.46. The molecule has 4 N–H and O–H groups in total. The monoisotopic (exact) mass is 391 g/mol. The lowest BCUT2D eigenvalue weighted by molar-refractivity contribution is 0.0527. The van der Waals surface area contributed by atoms with Crippen LogP contribution in [0.1, 0.15) is 17.3 Å². The van der Waals surface area contributed by atoms with Crippen LogP contribution in [0.4, 0.5) is 5.82 Å². The van der Waals surface area contributed by atoms with Crippen molar-refractivity contribution in [1.82, 2.24) is 19.6 Å². The Bertz CT molecular complexity index is 1290. The molecule has 29 heavy (non-hydrogen) atoms. The number of carbonyl (C=O) groups is 1. The quantitative estimate of drug-likeness (QED) is 0.454. The van der Waals surface area contributed by atoms with Crippen molar-refractivity contribution in [2.75, 3.05) is 12.3 Å². The lowest BCUT2D eigenvalue weighted by Crippen LogP contribution is -2.15. The molecule has 0 atom stereocenters. The number of benzene rings is 1. The predicted octanol–water partition coefficient (Wildman–Crippen LogP) is 2.22. The molecule has 0 aliphatic heterocycles. The number of ether oxygens (including phenoxy) is 1. The van der Waals surface area contributed by atoms with Crippen LogP contribution in [-0.2, 0) is 4.74 Å². The Kier molecular flexibility index (Phi) is 4.47. The van der Waals surface area contributed by atoms with Crippen LogP contribution in [-0.4, -0.2) is 37.3 Å². The molecular weight excluding hydrogens is 374 g/mol. The Balaban J connectivity index is 2.03. The van der Waals surface area contributed by atoms with Crippen molar-refractivity contribution in [3.8, 4) is 28.4 Å². The zero-order valence-corrected chi connectivity index (χ0v) is 15.4. The van der Waals surface area contributed by atoms with Crippen LogP contribution in [0.5, 0.6) is 5.75 Å². The Labute approximate surface area is 164 Å². The van der Waals surface area contributed by atoms with E-state index in [0.29, 0.717) is 16.6 Å². The largest absolute Gasteiger partial charge is 0.507 e. The molecule has 1 aromatic carbocycles. The lowest BCUT2D eigenvalue weighted by Gasteiger charge is -2.13. The van der Waals surface area contributed by atoms with Gasteiger partial charge in [-0.1, -0.05) is 12.1 Å². The number of pyridine rings is 1. The van der Waals surface area contributed by atoms with Gasteiger partial charge < -0.3 is 20.6 Å². The molecule has 4 aromatic rings. The number of nitrogens with zero attached hydrogens (tertiary/aromatic N) is 3. The summed E-state index contributed by atoms with van der Waals surface area (Å²) in [5, 5.41) is 14.7. The van der Waals surface area contributed by atoms with Gasteiger partial charge in [0, 0.05) is 17.3 Å². The number of aromatic hydroxyl groups is 1. The number of para-hydroxylation sites is 1. The maximum absolute atomic E-state index is 12.4. The van der Waals surface area contributed by atoms with E-state index in [1.165, 1.54) is 16.6 Å². The number of fused-ring (bicyclic) bond motifs is 1. The number of nitrogens with one attached hydrogen (secondary N) is 1. The van der Waals surface area contributed by atoms with E-state index in [1.807, 2.05) is 0 Å². The fourth-order valence-corrected chi connectivity index (χ4v) is 3.02. The number of phenols is 1. The molecule has 0 unspecified atom stereocenters. The van der Waals surface area contributed by atoms with Gasteiger partial charge in [0.15, 0.2) is 5.82 Å². The summed E-state index contributed by atoms with van der Waals surface area (Å²) in [5.74, 6) is -0.578. The summed E-state index contributed by atoms with van der Waals surface area (Å²) >= 11 is 0. The van der Waals surface area contributed by atoms with Gasteiger partial charge in [-0.25, -0.2) is 14.3 Å². The molecule has 0 aliphatic carbocycles. The number of anilines is 1. The Morgan fingerprint density at radius 1 is 1.24 bits per heavy atom. The van der Waals surface area contributed by atoms with E-state index in [-0.39, 0.29) is 40.8 Å². The molecule has 0 spiro atoms. The van der Waals surface area contributed by atoms with Gasteiger partial charge in [-0.3, -0.25) is 4.79 Å². The van der Waals surface area contributed by atoms with E-state index in [9.17, 15) is 14.7 Å². The highest BCUT2D eigenvalue weighted by Crippen LogP contribution is 2.35.